The van der Waals surface area contributed by atoms with Crippen molar-refractivity contribution in [3.8, 4) is 5.75 Å². The molecule has 2 aromatic heterocycles. The van der Waals surface area contributed by atoms with Crippen LogP contribution in [0, 0.1) is 6.92 Å². The fourth-order valence-electron chi connectivity index (χ4n) is 1.82. The Labute approximate surface area is 107 Å². The molecule has 0 atom stereocenters. The average Bonchev–Trinajstić information content (AvgIpc) is 2.92. The Bertz CT molecular complexity index is 513. The normalized spacial score (nSPS) is 11.2. The van der Waals surface area contributed by atoms with Crippen molar-refractivity contribution < 1.29 is 4.74 Å². The summed E-state index contributed by atoms with van der Waals surface area (Å²) in [7, 11) is 0. The standard InChI is InChI=1S/C13H20N4O/c1-5-16-12(6-11(4)15-16)9-18-13-7-14-17(8-13)10(2)3/h6-8,10H,5,9H2,1-4H3. The molecule has 0 aliphatic rings. The first-order valence-corrected chi connectivity index (χ1v) is 6.30. The molecule has 0 saturated carbocycles. The van der Waals surface area contributed by atoms with E-state index in [-0.39, 0.29) is 0 Å². The first kappa shape index (κ1) is 12.7. The molecular formula is C13H20N4O. The molecule has 0 amide bonds. The molecule has 2 rings (SSSR count). The minimum atomic E-state index is 0.353. The molecule has 0 N–H and O–H groups in total. The maximum absolute atomic E-state index is 5.73. The van der Waals surface area contributed by atoms with Crippen LogP contribution in [0.5, 0.6) is 5.75 Å². The summed E-state index contributed by atoms with van der Waals surface area (Å²) in [4.78, 5) is 0. The van der Waals surface area contributed by atoms with Crippen molar-refractivity contribution in [3.05, 3.63) is 29.8 Å². The van der Waals surface area contributed by atoms with Crippen LogP contribution in [0.15, 0.2) is 18.5 Å². The van der Waals surface area contributed by atoms with E-state index in [1.807, 2.05) is 22.5 Å². The fourth-order valence-corrected chi connectivity index (χ4v) is 1.82. The SMILES string of the molecule is CCn1nc(C)cc1COc1cnn(C(C)C)c1. The molecule has 98 valence electrons. The minimum Gasteiger partial charge on any atom is -0.484 e. The quantitative estimate of drug-likeness (QED) is 0.817. The van der Waals surface area contributed by atoms with Crippen LogP contribution in [0.1, 0.15) is 38.2 Å². The summed E-state index contributed by atoms with van der Waals surface area (Å²) in [6.45, 7) is 9.63. The van der Waals surface area contributed by atoms with Gasteiger partial charge < -0.3 is 4.74 Å². The first-order valence-electron chi connectivity index (χ1n) is 6.30. The van der Waals surface area contributed by atoms with Gasteiger partial charge >= 0.3 is 0 Å². The van der Waals surface area contributed by atoms with Gasteiger partial charge in [0.2, 0.25) is 0 Å². The lowest BCUT2D eigenvalue weighted by Crippen LogP contribution is -2.06. The van der Waals surface area contributed by atoms with Crippen molar-refractivity contribution in [1.29, 1.82) is 0 Å². The van der Waals surface area contributed by atoms with E-state index in [1.54, 1.807) is 6.20 Å². The molecule has 0 aliphatic heterocycles. The number of aromatic nitrogens is 4. The minimum absolute atomic E-state index is 0.353. The number of rotatable bonds is 5. The second-order valence-electron chi connectivity index (χ2n) is 4.63. The zero-order valence-electron chi connectivity index (χ0n) is 11.4. The molecule has 2 heterocycles. The highest BCUT2D eigenvalue weighted by Gasteiger charge is 2.06. The highest BCUT2D eigenvalue weighted by atomic mass is 16.5. The molecular weight excluding hydrogens is 228 g/mol. The molecule has 5 heteroatoms. The number of hydrogen-bond donors (Lipinski definition) is 0. The van der Waals surface area contributed by atoms with E-state index in [0.29, 0.717) is 12.6 Å². The van der Waals surface area contributed by atoms with Crippen molar-refractivity contribution in [3.63, 3.8) is 0 Å². The number of nitrogens with zero attached hydrogens (tertiary/aromatic N) is 4. The van der Waals surface area contributed by atoms with E-state index in [4.69, 9.17) is 4.74 Å². The summed E-state index contributed by atoms with van der Waals surface area (Å²) >= 11 is 0. The van der Waals surface area contributed by atoms with Gasteiger partial charge in [-0.05, 0) is 33.8 Å². The maximum Gasteiger partial charge on any atom is 0.157 e. The van der Waals surface area contributed by atoms with E-state index < -0.39 is 0 Å². The van der Waals surface area contributed by atoms with Crippen molar-refractivity contribution in [2.75, 3.05) is 0 Å². The van der Waals surface area contributed by atoms with Crippen LogP contribution >= 0.6 is 0 Å². The summed E-state index contributed by atoms with van der Waals surface area (Å²) in [5, 5.41) is 8.64. The van der Waals surface area contributed by atoms with Gasteiger partial charge in [0.25, 0.3) is 0 Å². The summed E-state index contributed by atoms with van der Waals surface area (Å²) in [6.07, 6.45) is 3.67. The van der Waals surface area contributed by atoms with Crippen molar-refractivity contribution in [1.82, 2.24) is 19.6 Å². The van der Waals surface area contributed by atoms with Crippen LogP contribution < -0.4 is 4.74 Å². The number of hydrogen-bond acceptors (Lipinski definition) is 3. The van der Waals surface area contributed by atoms with Crippen LogP contribution in [0.2, 0.25) is 0 Å². The molecule has 0 aromatic carbocycles. The van der Waals surface area contributed by atoms with Crippen LogP contribution in [-0.4, -0.2) is 19.6 Å². The van der Waals surface area contributed by atoms with Crippen molar-refractivity contribution >= 4 is 0 Å². The molecule has 0 radical (unpaired) electrons. The van der Waals surface area contributed by atoms with E-state index in [0.717, 1.165) is 23.7 Å². The van der Waals surface area contributed by atoms with E-state index in [9.17, 15) is 0 Å². The largest absolute Gasteiger partial charge is 0.484 e. The zero-order chi connectivity index (χ0) is 13.1. The van der Waals surface area contributed by atoms with E-state index in [1.165, 1.54) is 0 Å². The molecule has 5 nitrogen and oxygen atoms in total. The third-order valence-corrected chi connectivity index (χ3v) is 2.78. The summed E-state index contributed by atoms with van der Waals surface area (Å²) in [5.74, 6) is 0.796. The molecule has 2 aromatic rings. The lowest BCUT2D eigenvalue weighted by molar-refractivity contribution is 0.292. The van der Waals surface area contributed by atoms with Gasteiger partial charge in [-0.2, -0.15) is 10.2 Å². The van der Waals surface area contributed by atoms with Gasteiger partial charge in [-0.15, -0.1) is 0 Å². The van der Waals surface area contributed by atoms with Gasteiger partial charge in [0.05, 0.1) is 23.8 Å². The maximum atomic E-state index is 5.73. The second kappa shape index (κ2) is 5.25. The Morgan fingerprint density at radius 2 is 2.17 bits per heavy atom. The molecule has 0 unspecified atom stereocenters. The van der Waals surface area contributed by atoms with Crippen LogP contribution in [-0.2, 0) is 13.2 Å². The predicted molar refractivity (Wildman–Crippen MR) is 69.6 cm³/mol. The predicted octanol–water partition coefficient (Wildman–Crippen LogP) is 2.57. The Morgan fingerprint density at radius 3 is 2.78 bits per heavy atom. The van der Waals surface area contributed by atoms with Crippen LogP contribution in [0.4, 0.5) is 0 Å². The Hall–Kier alpha value is -1.78. The lowest BCUT2D eigenvalue weighted by Gasteiger charge is -2.06. The highest BCUT2D eigenvalue weighted by molar-refractivity contribution is 5.14. The van der Waals surface area contributed by atoms with Gasteiger partial charge in [0.1, 0.15) is 6.61 Å². The van der Waals surface area contributed by atoms with Crippen molar-refractivity contribution in [2.45, 2.75) is 46.9 Å². The lowest BCUT2D eigenvalue weighted by atomic mass is 10.4. The Kier molecular flexibility index (Phi) is 3.69. The molecule has 0 aliphatic carbocycles. The summed E-state index contributed by atoms with van der Waals surface area (Å²) < 4.78 is 9.58. The highest BCUT2D eigenvalue weighted by Crippen LogP contribution is 2.14. The molecule has 0 bridgehead atoms. The van der Waals surface area contributed by atoms with E-state index in [2.05, 4.69) is 37.0 Å². The molecule has 0 spiro atoms. The zero-order valence-corrected chi connectivity index (χ0v) is 11.4. The van der Waals surface area contributed by atoms with Crippen LogP contribution in [0.25, 0.3) is 0 Å². The average molecular weight is 248 g/mol. The monoisotopic (exact) mass is 248 g/mol. The second-order valence-corrected chi connectivity index (χ2v) is 4.63. The number of ether oxygens (including phenoxy) is 1. The van der Waals surface area contributed by atoms with Gasteiger partial charge in [-0.3, -0.25) is 9.36 Å². The fraction of sp³-hybridized carbons (Fsp3) is 0.538. The molecule has 0 fully saturated rings. The van der Waals surface area contributed by atoms with Gasteiger partial charge in [-0.1, -0.05) is 0 Å². The van der Waals surface area contributed by atoms with Gasteiger partial charge in [0.15, 0.2) is 5.75 Å². The summed E-state index contributed by atoms with van der Waals surface area (Å²) in [6, 6.07) is 2.40. The topological polar surface area (TPSA) is 44.9 Å². The van der Waals surface area contributed by atoms with Gasteiger partial charge in [-0.25, -0.2) is 0 Å². The Morgan fingerprint density at radius 1 is 1.39 bits per heavy atom. The third kappa shape index (κ3) is 2.72. The summed E-state index contributed by atoms with van der Waals surface area (Å²) in [5.41, 5.74) is 2.11. The van der Waals surface area contributed by atoms with Crippen LogP contribution in [0.3, 0.4) is 0 Å². The molecule has 0 saturated heterocycles. The number of aryl methyl sites for hydroxylation is 2. The van der Waals surface area contributed by atoms with Crippen molar-refractivity contribution in [2.24, 2.45) is 0 Å². The van der Waals surface area contributed by atoms with Gasteiger partial charge in [0, 0.05) is 12.6 Å². The molecule has 18 heavy (non-hydrogen) atoms. The Balaban J connectivity index is 2.01. The first-order chi connectivity index (χ1) is 8.60. The third-order valence-electron chi connectivity index (χ3n) is 2.78. The smallest absolute Gasteiger partial charge is 0.157 e. The van der Waals surface area contributed by atoms with E-state index >= 15 is 0 Å².